The van der Waals surface area contributed by atoms with Crippen molar-refractivity contribution in [3.05, 3.63) is 54.1 Å². The van der Waals surface area contributed by atoms with E-state index in [1.807, 2.05) is 0 Å². The van der Waals surface area contributed by atoms with Gasteiger partial charge in [0, 0.05) is 18.8 Å². The van der Waals surface area contributed by atoms with Gasteiger partial charge in [-0.05, 0) is 43.2 Å². The third-order valence-electron chi connectivity index (χ3n) is 3.38. The molecule has 3 rings (SSSR count). The standard InChI is InChI=1S/C16H18N2/c1-13-6-4-7-14(12-13)18-11-5-10-17-15-8-2-3-9-16(15)18/h2-4,6-9,12,17H,5,10-11H2,1H3. The number of benzene rings is 2. The summed E-state index contributed by atoms with van der Waals surface area (Å²) in [6, 6.07) is 17.3. The normalized spacial score (nSPS) is 14.6. The van der Waals surface area contributed by atoms with E-state index in [1.165, 1.54) is 22.6 Å². The van der Waals surface area contributed by atoms with Crippen molar-refractivity contribution >= 4 is 17.1 Å². The Morgan fingerprint density at radius 1 is 1.06 bits per heavy atom. The summed E-state index contributed by atoms with van der Waals surface area (Å²) in [5, 5.41) is 3.50. The molecule has 0 saturated heterocycles. The van der Waals surface area contributed by atoms with Crippen molar-refractivity contribution < 1.29 is 0 Å². The Bertz CT molecular complexity index is 548. The minimum absolute atomic E-state index is 1.04. The highest BCUT2D eigenvalue weighted by Crippen LogP contribution is 2.34. The third kappa shape index (κ3) is 2.06. The zero-order valence-electron chi connectivity index (χ0n) is 10.7. The van der Waals surface area contributed by atoms with Crippen LogP contribution in [0.15, 0.2) is 48.5 Å². The molecule has 2 aromatic rings. The summed E-state index contributed by atoms with van der Waals surface area (Å²) in [5.74, 6) is 0. The summed E-state index contributed by atoms with van der Waals surface area (Å²) in [4.78, 5) is 2.41. The molecule has 1 aliphatic rings. The smallest absolute Gasteiger partial charge is 0.0646 e. The van der Waals surface area contributed by atoms with Gasteiger partial charge in [-0.15, -0.1) is 0 Å². The summed E-state index contributed by atoms with van der Waals surface area (Å²) < 4.78 is 0. The monoisotopic (exact) mass is 238 g/mol. The van der Waals surface area contributed by atoms with Crippen LogP contribution < -0.4 is 10.2 Å². The van der Waals surface area contributed by atoms with Crippen LogP contribution in [-0.2, 0) is 0 Å². The number of hydrogen-bond donors (Lipinski definition) is 1. The fourth-order valence-electron chi connectivity index (χ4n) is 2.50. The van der Waals surface area contributed by atoms with Gasteiger partial charge in [-0.3, -0.25) is 0 Å². The van der Waals surface area contributed by atoms with Crippen LogP contribution in [0, 0.1) is 6.92 Å². The van der Waals surface area contributed by atoms with Gasteiger partial charge in [0.15, 0.2) is 0 Å². The number of hydrogen-bond acceptors (Lipinski definition) is 2. The zero-order valence-corrected chi connectivity index (χ0v) is 10.7. The van der Waals surface area contributed by atoms with E-state index in [9.17, 15) is 0 Å². The van der Waals surface area contributed by atoms with Crippen LogP contribution in [0.4, 0.5) is 17.1 Å². The Kier molecular flexibility index (Phi) is 2.93. The highest BCUT2D eigenvalue weighted by molar-refractivity contribution is 5.77. The van der Waals surface area contributed by atoms with E-state index >= 15 is 0 Å². The molecule has 0 atom stereocenters. The third-order valence-corrected chi connectivity index (χ3v) is 3.38. The molecule has 2 heteroatoms. The van der Waals surface area contributed by atoms with Crippen LogP contribution in [0.1, 0.15) is 12.0 Å². The first-order chi connectivity index (χ1) is 8.84. The van der Waals surface area contributed by atoms with Gasteiger partial charge in [-0.1, -0.05) is 24.3 Å². The van der Waals surface area contributed by atoms with Gasteiger partial charge >= 0.3 is 0 Å². The topological polar surface area (TPSA) is 15.3 Å². The van der Waals surface area contributed by atoms with E-state index in [2.05, 4.69) is 65.7 Å². The first-order valence-corrected chi connectivity index (χ1v) is 6.52. The largest absolute Gasteiger partial charge is 0.383 e. The molecule has 0 aliphatic carbocycles. The predicted molar refractivity (Wildman–Crippen MR) is 77.7 cm³/mol. The molecule has 0 radical (unpaired) electrons. The van der Waals surface area contributed by atoms with Gasteiger partial charge in [0.05, 0.1) is 11.4 Å². The number of nitrogens with zero attached hydrogens (tertiary/aromatic N) is 1. The lowest BCUT2D eigenvalue weighted by Crippen LogP contribution is -2.17. The molecule has 2 aromatic carbocycles. The zero-order chi connectivity index (χ0) is 12.4. The van der Waals surface area contributed by atoms with E-state index in [-0.39, 0.29) is 0 Å². The highest BCUT2D eigenvalue weighted by Gasteiger charge is 2.15. The molecule has 0 fully saturated rings. The van der Waals surface area contributed by atoms with Crippen molar-refractivity contribution in [2.24, 2.45) is 0 Å². The summed E-state index contributed by atoms with van der Waals surface area (Å²) in [6.45, 7) is 4.25. The Labute approximate surface area is 108 Å². The SMILES string of the molecule is Cc1cccc(N2CCCNc3ccccc32)c1. The van der Waals surface area contributed by atoms with Crippen LogP contribution in [0.3, 0.4) is 0 Å². The molecule has 0 unspecified atom stereocenters. The molecule has 1 aliphatic heterocycles. The van der Waals surface area contributed by atoms with Crippen LogP contribution in [0.5, 0.6) is 0 Å². The van der Waals surface area contributed by atoms with Gasteiger partial charge in [-0.2, -0.15) is 0 Å². The van der Waals surface area contributed by atoms with Crippen LogP contribution in [-0.4, -0.2) is 13.1 Å². The van der Waals surface area contributed by atoms with Gasteiger partial charge in [-0.25, -0.2) is 0 Å². The Balaban J connectivity index is 2.06. The van der Waals surface area contributed by atoms with Crippen molar-refractivity contribution in [1.29, 1.82) is 0 Å². The molecule has 0 amide bonds. The fourth-order valence-corrected chi connectivity index (χ4v) is 2.50. The average molecular weight is 238 g/mol. The maximum absolute atomic E-state index is 3.50. The molecule has 0 aromatic heterocycles. The molecule has 1 N–H and O–H groups in total. The maximum atomic E-state index is 3.50. The van der Waals surface area contributed by atoms with Crippen molar-refractivity contribution in [1.82, 2.24) is 0 Å². The first kappa shape index (κ1) is 11.1. The maximum Gasteiger partial charge on any atom is 0.0646 e. The Morgan fingerprint density at radius 2 is 1.94 bits per heavy atom. The fraction of sp³-hybridized carbons (Fsp3) is 0.250. The van der Waals surface area contributed by atoms with Crippen LogP contribution in [0.2, 0.25) is 0 Å². The summed E-state index contributed by atoms with van der Waals surface area (Å²) in [7, 11) is 0. The van der Waals surface area contributed by atoms with E-state index in [4.69, 9.17) is 0 Å². The van der Waals surface area contributed by atoms with Gasteiger partial charge in [0.25, 0.3) is 0 Å². The Morgan fingerprint density at radius 3 is 2.83 bits per heavy atom. The molecular formula is C16H18N2. The molecule has 0 bridgehead atoms. The quantitative estimate of drug-likeness (QED) is 0.809. The lowest BCUT2D eigenvalue weighted by molar-refractivity contribution is 0.863. The predicted octanol–water partition coefficient (Wildman–Crippen LogP) is 3.95. The molecule has 0 saturated carbocycles. The van der Waals surface area contributed by atoms with Crippen molar-refractivity contribution in [2.75, 3.05) is 23.3 Å². The second-order valence-electron chi connectivity index (χ2n) is 4.79. The summed E-state index contributed by atoms with van der Waals surface area (Å²) in [5.41, 5.74) is 5.10. The molecular weight excluding hydrogens is 220 g/mol. The van der Waals surface area contributed by atoms with E-state index in [0.717, 1.165) is 19.5 Å². The van der Waals surface area contributed by atoms with E-state index < -0.39 is 0 Å². The molecule has 2 nitrogen and oxygen atoms in total. The second kappa shape index (κ2) is 4.73. The molecule has 1 heterocycles. The van der Waals surface area contributed by atoms with Crippen molar-refractivity contribution in [2.45, 2.75) is 13.3 Å². The first-order valence-electron chi connectivity index (χ1n) is 6.52. The summed E-state index contributed by atoms with van der Waals surface area (Å²) >= 11 is 0. The second-order valence-corrected chi connectivity index (χ2v) is 4.79. The lowest BCUT2D eigenvalue weighted by Gasteiger charge is -2.24. The van der Waals surface area contributed by atoms with Gasteiger partial charge in [0.1, 0.15) is 0 Å². The van der Waals surface area contributed by atoms with E-state index in [0.29, 0.717) is 0 Å². The van der Waals surface area contributed by atoms with Crippen molar-refractivity contribution in [3.63, 3.8) is 0 Å². The number of anilines is 3. The average Bonchev–Trinajstić information content (AvgIpc) is 2.61. The van der Waals surface area contributed by atoms with Crippen LogP contribution in [0.25, 0.3) is 0 Å². The van der Waals surface area contributed by atoms with Gasteiger partial charge in [0.2, 0.25) is 0 Å². The number of rotatable bonds is 1. The van der Waals surface area contributed by atoms with Crippen molar-refractivity contribution in [3.8, 4) is 0 Å². The molecule has 92 valence electrons. The molecule has 0 spiro atoms. The number of aryl methyl sites for hydroxylation is 1. The minimum atomic E-state index is 1.04. The summed E-state index contributed by atoms with van der Waals surface area (Å²) in [6.07, 6.45) is 1.16. The number of para-hydroxylation sites is 2. The van der Waals surface area contributed by atoms with Gasteiger partial charge < -0.3 is 10.2 Å². The molecule has 18 heavy (non-hydrogen) atoms. The van der Waals surface area contributed by atoms with E-state index in [1.54, 1.807) is 0 Å². The Hall–Kier alpha value is -1.96. The number of fused-ring (bicyclic) bond motifs is 1. The van der Waals surface area contributed by atoms with Crippen LogP contribution >= 0.6 is 0 Å². The minimum Gasteiger partial charge on any atom is -0.383 e. The number of nitrogens with one attached hydrogen (secondary N) is 1. The highest BCUT2D eigenvalue weighted by atomic mass is 15.2. The lowest BCUT2D eigenvalue weighted by atomic mass is 10.1.